The lowest BCUT2D eigenvalue weighted by Crippen LogP contribution is -2.35. The molecule has 0 bridgehead atoms. The molecule has 0 atom stereocenters. The molecule has 3 amide bonds. The lowest BCUT2D eigenvalue weighted by molar-refractivity contribution is -0.129. The zero-order valence-corrected chi connectivity index (χ0v) is 17.7. The number of rotatable bonds is 5. The van der Waals surface area contributed by atoms with E-state index >= 15 is 0 Å². The molecule has 0 spiro atoms. The number of allylic oxidation sites excluding steroid dienone is 1. The summed E-state index contributed by atoms with van der Waals surface area (Å²) in [6.45, 7) is 5.86. The van der Waals surface area contributed by atoms with Crippen LogP contribution in [0.5, 0.6) is 0 Å². The summed E-state index contributed by atoms with van der Waals surface area (Å²) in [5.74, 6) is -0.452. The Morgan fingerprint density at radius 2 is 1.90 bits per heavy atom. The number of nitrogens with one attached hydrogen (secondary N) is 1. The summed E-state index contributed by atoms with van der Waals surface area (Å²) in [7, 11) is 0. The SMILES string of the molecule is CC(C)(C)C(=O)/C=C1\SCC(=O)N1CC(=O)Nc1ccccc1N1CCCC1=O. The maximum atomic E-state index is 12.7. The number of thioether (sulfide) groups is 1. The maximum absolute atomic E-state index is 12.7. The van der Waals surface area contributed by atoms with Crippen LogP contribution in [0.2, 0.25) is 0 Å². The molecule has 1 aromatic rings. The van der Waals surface area contributed by atoms with Crippen molar-refractivity contribution in [2.75, 3.05) is 29.1 Å². The van der Waals surface area contributed by atoms with Gasteiger partial charge in [0, 0.05) is 24.5 Å². The van der Waals surface area contributed by atoms with Crippen LogP contribution in [-0.2, 0) is 19.2 Å². The van der Waals surface area contributed by atoms with Crippen molar-refractivity contribution in [3.63, 3.8) is 0 Å². The Morgan fingerprint density at radius 3 is 2.55 bits per heavy atom. The minimum absolute atomic E-state index is 0.0312. The minimum atomic E-state index is -0.561. The lowest BCUT2D eigenvalue weighted by atomic mass is 9.91. The summed E-state index contributed by atoms with van der Waals surface area (Å²) in [6.07, 6.45) is 2.73. The molecule has 3 rings (SSSR count). The smallest absolute Gasteiger partial charge is 0.244 e. The first kappa shape index (κ1) is 21.1. The Bertz CT molecular complexity index is 888. The van der Waals surface area contributed by atoms with Crippen LogP contribution in [0, 0.1) is 5.41 Å². The third-order valence-electron chi connectivity index (χ3n) is 4.75. The second-order valence-electron chi connectivity index (χ2n) is 8.08. The number of carbonyl (C=O) groups excluding carboxylic acids is 4. The van der Waals surface area contributed by atoms with E-state index in [4.69, 9.17) is 0 Å². The van der Waals surface area contributed by atoms with E-state index in [2.05, 4.69) is 5.32 Å². The number of benzene rings is 1. The van der Waals surface area contributed by atoms with Gasteiger partial charge in [0.15, 0.2) is 5.78 Å². The van der Waals surface area contributed by atoms with Crippen LogP contribution >= 0.6 is 11.8 Å². The normalized spacial score (nSPS) is 18.7. The highest BCUT2D eigenvalue weighted by Crippen LogP contribution is 2.32. The number of nitrogens with zero attached hydrogens (tertiary/aromatic N) is 2. The van der Waals surface area contributed by atoms with E-state index in [0.29, 0.717) is 29.4 Å². The van der Waals surface area contributed by atoms with Gasteiger partial charge < -0.3 is 10.2 Å². The summed E-state index contributed by atoms with van der Waals surface area (Å²) in [4.78, 5) is 52.3. The second kappa shape index (κ2) is 8.41. The lowest BCUT2D eigenvalue weighted by Gasteiger charge is -2.22. The fourth-order valence-electron chi connectivity index (χ4n) is 3.08. The van der Waals surface area contributed by atoms with Crippen LogP contribution in [0.4, 0.5) is 11.4 Å². The van der Waals surface area contributed by atoms with Gasteiger partial charge in [-0.05, 0) is 18.6 Å². The van der Waals surface area contributed by atoms with Crippen molar-refractivity contribution in [3.8, 4) is 0 Å². The average molecular weight is 416 g/mol. The first-order chi connectivity index (χ1) is 13.7. The molecule has 7 nitrogen and oxygen atoms in total. The van der Waals surface area contributed by atoms with Crippen molar-refractivity contribution in [1.29, 1.82) is 0 Å². The maximum Gasteiger partial charge on any atom is 0.244 e. The Balaban J connectivity index is 1.74. The van der Waals surface area contributed by atoms with Gasteiger partial charge in [0.2, 0.25) is 17.7 Å². The van der Waals surface area contributed by atoms with Gasteiger partial charge in [-0.1, -0.05) is 44.7 Å². The van der Waals surface area contributed by atoms with Crippen molar-refractivity contribution in [2.24, 2.45) is 5.41 Å². The predicted octanol–water partition coefficient (Wildman–Crippen LogP) is 2.78. The Hall–Kier alpha value is -2.61. The highest BCUT2D eigenvalue weighted by atomic mass is 32.2. The molecule has 8 heteroatoms. The molecule has 2 aliphatic rings. The quantitative estimate of drug-likeness (QED) is 0.748. The van der Waals surface area contributed by atoms with Gasteiger partial charge in [0.05, 0.1) is 22.2 Å². The molecule has 0 saturated carbocycles. The molecular formula is C21H25N3O4S. The first-order valence-electron chi connectivity index (χ1n) is 9.55. The number of para-hydroxylation sites is 2. The number of hydrogen-bond donors (Lipinski definition) is 1. The van der Waals surface area contributed by atoms with Gasteiger partial charge in [-0.2, -0.15) is 0 Å². The standard InChI is InChI=1S/C21H25N3O4S/c1-21(2,3)16(25)11-20-24(19(28)13-29-20)12-17(26)22-14-7-4-5-8-15(14)23-10-6-9-18(23)27/h4-5,7-8,11H,6,9-10,12-13H2,1-3H3,(H,22,26)/b20-11-. The number of hydrogen-bond acceptors (Lipinski definition) is 5. The fourth-order valence-corrected chi connectivity index (χ4v) is 4.02. The summed E-state index contributed by atoms with van der Waals surface area (Å²) in [6, 6.07) is 7.13. The van der Waals surface area contributed by atoms with Crippen molar-refractivity contribution >= 4 is 46.6 Å². The van der Waals surface area contributed by atoms with E-state index in [1.807, 2.05) is 26.8 Å². The van der Waals surface area contributed by atoms with Crippen molar-refractivity contribution in [1.82, 2.24) is 4.90 Å². The van der Waals surface area contributed by atoms with Gasteiger partial charge in [-0.3, -0.25) is 24.1 Å². The van der Waals surface area contributed by atoms with Crippen LogP contribution < -0.4 is 10.2 Å². The summed E-state index contributed by atoms with van der Waals surface area (Å²) in [5, 5.41) is 3.31. The number of amides is 3. The number of carbonyl (C=O) groups is 4. The highest BCUT2D eigenvalue weighted by Gasteiger charge is 2.31. The zero-order valence-electron chi connectivity index (χ0n) is 16.9. The van der Waals surface area contributed by atoms with E-state index in [1.165, 1.54) is 22.7 Å². The molecular weight excluding hydrogens is 390 g/mol. The van der Waals surface area contributed by atoms with Crippen LogP contribution in [-0.4, -0.2) is 47.2 Å². The monoisotopic (exact) mass is 415 g/mol. The van der Waals surface area contributed by atoms with E-state index in [-0.39, 0.29) is 35.8 Å². The van der Waals surface area contributed by atoms with E-state index in [9.17, 15) is 19.2 Å². The van der Waals surface area contributed by atoms with Crippen LogP contribution in [0.25, 0.3) is 0 Å². The van der Waals surface area contributed by atoms with Gasteiger partial charge in [-0.15, -0.1) is 0 Å². The zero-order chi connectivity index (χ0) is 21.2. The van der Waals surface area contributed by atoms with E-state index in [0.717, 1.165) is 6.42 Å². The molecule has 29 heavy (non-hydrogen) atoms. The largest absolute Gasteiger partial charge is 0.323 e. The third-order valence-corrected chi connectivity index (χ3v) is 5.77. The van der Waals surface area contributed by atoms with Crippen molar-refractivity contribution in [2.45, 2.75) is 33.6 Å². The van der Waals surface area contributed by atoms with Crippen LogP contribution in [0.3, 0.4) is 0 Å². The van der Waals surface area contributed by atoms with Gasteiger partial charge in [0.1, 0.15) is 6.54 Å². The highest BCUT2D eigenvalue weighted by molar-refractivity contribution is 8.04. The number of anilines is 2. The molecule has 1 aromatic carbocycles. The molecule has 0 aliphatic carbocycles. The summed E-state index contributed by atoms with van der Waals surface area (Å²) in [5.41, 5.74) is 0.626. The first-order valence-corrected chi connectivity index (χ1v) is 10.5. The Morgan fingerprint density at radius 1 is 1.17 bits per heavy atom. The van der Waals surface area contributed by atoms with Crippen LogP contribution in [0.15, 0.2) is 35.4 Å². The number of ketones is 1. The van der Waals surface area contributed by atoms with Gasteiger partial charge in [0.25, 0.3) is 0 Å². The van der Waals surface area contributed by atoms with Gasteiger partial charge >= 0.3 is 0 Å². The van der Waals surface area contributed by atoms with Crippen molar-refractivity contribution < 1.29 is 19.2 Å². The molecule has 2 fully saturated rings. The molecule has 0 unspecified atom stereocenters. The Labute approximate surface area is 174 Å². The average Bonchev–Trinajstić information content (AvgIpc) is 3.22. The van der Waals surface area contributed by atoms with E-state index in [1.54, 1.807) is 23.1 Å². The topological polar surface area (TPSA) is 86.8 Å². The molecule has 0 aromatic heterocycles. The van der Waals surface area contributed by atoms with E-state index < -0.39 is 5.41 Å². The van der Waals surface area contributed by atoms with Crippen LogP contribution in [0.1, 0.15) is 33.6 Å². The molecule has 2 heterocycles. The third kappa shape index (κ3) is 4.87. The Kier molecular flexibility index (Phi) is 6.12. The minimum Gasteiger partial charge on any atom is -0.323 e. The van der Waals surface area contributed by atoms with Gasteiger partial charge in [-0.25, -0.2) is 0 Å². The fraction of sp³-hybridized carbons (Fsp3) is 0.429. The molecule has 2 aliphatic heterocycles. The molecule has 0 radical (unpaired) electrons. The molecule has 2 saturated heterocycles. The predicted molar refractivity (Wildman–Crippen MR) is 113 cm³/mol. The summed E-state index contributed by atoms with van der Waals surface area (Å²) < 4.78 is 0. The molecule has 154 valence electrons. The second-order valence-corrected chi connectivity index (χ2v) is 9.08. The van der Waals surface area contributed by atoms with Crippen molar-refractivity contribution in [3.05, 3.63) is 35.4 Å². The summed E-state index contributed by atoms with van der Waals surface area (Å²) >= 11 is 1.26. The molecule has 1 N–H and O–H groups in total.